The van der Waals surface area contributed by atoms with Crippen molar-refractivity contribution in [2.75, 3.05) is 19.6 Å². The lowest BCUT2D eigenvalue weighted by Crippen LogP contribution is -2.38. The van der Waals surface area contributed by atoms with Crippen molar-refractivity contribution in [1.82, 2.24) is 15.4 Å². The maximum atomic E-state index is 11.9. The van der Waals surface area contributed by atoms with Gasteiger partial charge < -0.3 is 10.6 Å². The summed E-state index contributed by atoms with van der Waals surface area (Å²) in [4.78, 5) is 11.9. The first-order valence-corrected chi connectivity index (χ1v) is 8.11. The molecule has 8 heteroatoms. The maximum absolute atomic E-state index is 11.9. The van der Waals surface area contributed by atoms with Crippen LogP contribution in [0.1, 0.15) is 12.8 Å². The summed E-state index contributed by atoms with van der Waals surface area (Å²) in [5, 5.41) is 6.02. The summed E-state index contributed by atoms with van der Waals surface area (Å²) >= 11 is 0. The smallest absolute Gasteiger partial charge is 0.240 e. The van der Waals surface area contributed by atoms with Crippen molar-refractivity contribution in [3.8, 4) is 0 Å². The Morgan fingerprint density at radius 3 is 2.62 bits per heavy atom. The van der Waals surface area contributed by atoms with Gasteiger partial charge in [-0.05, 0) is 25.1 Å². The van der Waals surface area contributed by atoms with Crippen molar-refractivity contribution < 1.29 is 13.2 Å². The molecule has 3 N–H and O–H groups in total. The zero-order chi connectivity index (χ0) is 14.4. The number of hydrogen-bond acceptors (Lipinski definition) is 4. The normalized spacial score (nSPS) is 18.0. The Morgan fingerprint density at radius 1 is 1.29 bits per heavy atom. The van der Waals surface area contributed by atoms with Gasteiger partial charge in [0.05, 0.1) is 4.90 Å². The van der Waals surface area contributed by atoms with Crippen molar-refractivity contribution >= 4 is 28.3 Å². The Bertz CT molecular complexity index is 545. The third kappa shape index (κ3) is 5.62. The van der Waals surface area contributed by atoms with Crippen LogP contribution < -0.4 is 15.4 Å². The molecule has 1 unspecified atom stereocenters. The summed E-state index contributed by atoms with van der Waals surface area (Å²) < 4.78 is 26.2. The molecule has 0 radical (unpaired) electrons. The van der Waals surface area contributed by atoms with Gasteiger partial charge in [-0.15, -0.1) is 12.4 Å². The molecule has 0 spiro atoms. The van der Waals surface area contributed by atoms with E-state index in [-0.39, 0.29) is 42.2 Å². The number of hydrogen-bond donors (Lipinski definition) is 3. The molecule has 6 nitrogen and oxygen atoms in total. The average molecular weight is 334 g/mol. The second kappa shape index (κ2) is 8.33. The number of carbonyl (C=O) groups excluding carboxylic acids is 1. The van der Waals surface area contributed by atoms with E-state index in [0.29, 0.717) is 0 Å². The summed E-state index contributed by atoms with van der Waals surface area (Å²) in [5.74, 6) is -0.130. The minimum absolute atomic E-state index is 0. The van der Waals surface area contributed by atoms with Gasteiger partial charge in [-0.2, -0.15) is 0 Å². The molecule has 21 heavy (non-hydrogen) atoms. The molecule has 1 amide bonds. The number of nitrogens with one attached hydrogen (secondary N) is 3. The third-order valence-corrected chi connectivity index (χ3v) is 4.60. The van der Waals surface area contributed by atoms with Crippen LogP contribution in [0.4, 0.5) is 0 Å². The molecule has 0 aliphatic carbocycles. The highest BCUT2D eigenvalue weighted by molar-refractivity contribution is 7.89. The quantitative estimate of drug-likeness (QED) is 0.696. The summed E-state index contributed by atoms with van der Waals surface area (Å²) in [6.45, 7) is 1.79. The topological polar surface area (TPSA) is 87.3 Å². The van der Waals surface area contributed by atoms with E-state index in [0.717, 1.165) is 19.5 Å². The van der Waals surface area contributed by atoms with Crippen LogP contribution in [0.2, 0.25) is 0 Å². The van der Waals surface area contributed by atoms with E-state index in [1.165, 1.54) is 12.1 Å². The van der Waals surface area contributed by atoms with Crippen molar-refractivity contribution in [2.45, 2.75) is 23.8 Å². The molecule has 1 saturated heterocycles. The van der Waals surface area contributed by atoms with Crippen molar-refractivity contribution in [2.24, 2.45) is 0 Å². The molecular formula is C13H20ClN3O3S. The largest absolute Gasteiger partial charge is 0.352 e. The van der Waals surface area contributed by atoms with E-state index in [2.05, 4.69) is 15.4 Å². The van der Waals surface area contributed by atoms with Crippen LogP contribution in [-0.4, -0.2) is 40.0 Å². The Labute approximate surface area is 131 Å². The fourth-order valence-electron chi connectivity index (χ4n) is 2.06. The summed E-state index contributed by atoms with van der Waals surface area (Å²) in [5.41, 5.74) is 0. The van der Waals surface area contributed by atoms with E-state index >= 15 is 0 Å². The van der Waals surface area contributed by atoms with Crippen molar-refractivity contribution in [3.63, 3.8) is 0 Å². The van der Waals surface area contributed by atoms with Crippen LogP contribution in [0.5, 0.6) is 0 Å². The van der Waals surface area contributed by atoms with Crippen LogP contribution in [0.3, 0.4) is 0 Å². The van der Waals surface area contributed by atoms with Crippen LogP contribution >= 0.6 is 12.4 Å². The highest BCUT2D eigenvalue weighted by Crippen LogP contribution is 2.06. The number of carbonyl (C=O) groups is 1. The van der Waals surface area contributed by atoms with Crippen LogP contribution in [0, 0.1) is 0 Å². The zero-order valence-electron chi connectivity index (χ0n) is 11.5. The third-order valence-electron chi connectivity index (χ3n) is 3.12. The Balaban J connectivity index is 0.00000220. The first kappa shape index (κ1) is 17.9. The number of halogens is 1. The minimum atomic E-state index is -3.53. The van der Waals surface area contributed by atoms with Crippen LogP contribution in [0.25, 0.3) is 0 Å². The van der Waals surface area contributed by atoms with Gasteiger partial charge in [0.15, 0.2) is 0 Å². The van der Waals surface area contributed by atoms with Gasteiger partial charge in [-0.1, -0.05) is 18.2 Å². The predicted octanol–water partition coefficient (Wildman–Crippen LogP) is 0.255. The lowest BCUT2D eigenvalue weighted by molar-refractivity contribution is -0.121. The van der Waals surface area contributed by atoms with Gasteiger partial charge in [-0.3, -0.25) is 4.79 Å². The van der Waals surface area contributed by atoms with Crippen LogP contribution in [-0.2, 0) is 14.8 Å². The summed E-state index contributed by atoms with van der Waals surface area (Å²) in [6.07, 6.45) is 1.06. The van der Waals surface area contributed by atoms with E-state index in [1.54, 1.807) is 18.2 Å². The fraction of sp³-hybridized carbons (Fsp3) is 0.462. The zero-order valence-corrected chi connectivity index (χ0v) is 13.2. The lowest BCUT2D eigenvalue weighted by Gasteiger charge is -2.11. The van der Waals surface area contributed by atoms with Gasteiger partial charge in [0.2, 0.25) is 15.9 Å². The van der Waals surface area contributed by atoms with E-state index in [4.69, 9.17) is 0 Å². The Hall–Kier alpha value is -1.15. The number of benzene rings is 1. The summed E-state index contributed by atoms with van der Waals surface area (Å²) in [6, 6.07) is 8.28. The maximum Gasteiger partial charge on any atom is 0.240 e. The van der Waals surface area contributed by atoms with E-state index in [9.17, 15) is 13.2 Å². The molecule has 1 atom stereocenters. The Kier molecular flexibility index (Phi) is 7.10. The van der Waals surface area contributed by atoms with Crippen LogP contribution in [0.15, 0.2) is 35.2 Å². The van der Waals surface area contributed by atoms with Gasteiger partial charge in [0.1, 0.15) is 0 Å². The molecule has 2 rings (SSSR count). The van der Waals surface area contributed by atoms with E-state index in [1.807, 2.05) is 0 Å². The first-order chi connectivity index (χ1) is 9.58. The molecule has 0 bridgehead atoms. The molecule has 0 saturated carbocycles. The lowest BCUT2D eigenvalue weighted by atomic mass is 10.2. The second-order valence-electron chi connectivity index (χ2n) is 4.72. The highest BCUT2D eigenvalue weighted by Gasteiger charge is 2.17. The molecule has 0 aromatic heterocycles. The molecule has 1 aromatic rings. The summed E-state index contributed by atoms with van der Waals surface area (Å²) in [7, 11) is -3.53. The predicted molar refractivity (Wildman–Crippen MR) is 82.9 cm³/mol. The Morgan fingerprint density at radius 2 is 2.00 bits per heavy atom. The van der Waals surface area contributed by atoms with Gasteiger partial charge in [-0.25, -0.2) is 13.1 Å². The molecule has 1 aliphatic rings. The van der Waals surface area contributed by atoms with Gasteiger partial charge in [0.25, 0.3) is 0 Å². The van der Waals surface area contributed by atoms with Crippen molar-refractivity contribution in [3.05, 3.63) is 30.3 Å². The van der Waals surface area contributed by atoms with Gasteiger partial charge >= 0.3 is 0 Å². The highest BCUT2D eigenvalue weighted by atomic mass is 35.5. The molecule has 1 aliphatic heterocycles. The molecular weight excluding hydrogens is 314 g/mol. The SMILES string of the molecule is Cl.O=C(CCNS(=O)(=O)c1ccccc1)NC1CCNC1. The fourth-order valence-corrected chi connectivity index (χ4v) is 3.11. The van der Waals surface area contributed by atoms with Crippen molar-refractivity contribution in [1.29, 1.82) is 0 Å². The van der Waals surface area contributed by atoms with E-state index < -0.39 is 10.0 Å². The molecule has 1 heterocycles. The molecule has 1 fully saturated rings. The molecule has 1 aromatic carbocycles. The first-order valence-electron chi connectivity index (χ1n) is 6.63. The van der Waals surface area contributed by atoms with Gasteiger partial charge in [0, 0.05) is 25.6 Å². The number of sulfonamides is 1. The number of rotatable bonds is 6. The monoisotopic (exact) mass is 333 g/mol. The average Bonchev–Trinajstić information content (AvgIpc) is 2.92. The number of amides is 1. The second-order valence-corrected chi connectivity index (χ2v) is 6.49. The standard InChI is InChI=1S/C13H19N3O3S.ClH/c17-13(16-11-6-8-14-10-11)7-9-15-20(18,19)12-4-2-1-3-5-12;/h1-5,11,14-15H,6-10H2,(H,16,17);1H. The molecule has 118 valence electrons. The minimum Gasteiger partial charge on any atom is -0.352 e.